The minimum Gasteiger partial charge on any atom is -0.466 e. The summed E-state index contributed by atoms with van der Waals surface area (Å²) in [5.74, 6) is -0.752. The van der Waals surface area contributed by atoms with Gasteiger partial charge in [-0.15, -0.1) is 0 Å². The van der Waals surface area contributed by atoms with E-state index in [9.17, 15) is 9.59 Å². The molecular weight excluding hydrogens is 224 g/mol. The molecule has 0 bridgehead atoms. The number of hydrogen-bond donors (Lipinski definition) is 1. The standard InChI is InChI=1S/C8H14O3.C4H6O2/c1-7(2)8(10)11-6-4-3-5-9;1-3-4(5)6-2/h9H,1,3-6H2,2H3;3H,1H2,2H3. The van der Waals surface area contributed by atoms with Gasteiger partial charge in [0.15, 0.2) is 0 Å². The first-order chi connectivity index (χ1) is 7.99. The first-order valence-electron chi connectivity index (χ1n) is 5.13. The van der Waals surface area contributed by atoms with Crippen molar-refractivity contribution in [2.24, 2.45) is 0 Å². The molecule has 17 heavy (non-hydrogen) atoms. The molecule has 0 aliphatic heterocycles. The number of aliphatic hydroxyl groups is 1. The molecule has 0 saturated heterocycles. The van der Waals surface area contributed by atoms with Crippen LogP contribution in [0.25, 0.3) is 0 Å². The zero-order chi connectivity index (χ0) is 13.7. The lowest BCUT2D eigenvalue weighted by molar-refractivity contribution is -0.139. The van der Waals surface area contributed by atoms with Gasteiger partial charge in [0, 0.05) is 18.3 Å². The third-order valence-electron chi connectivity index (χ3n) is 1.50. The fourth-order valence-electron chi connectivity index (χ4n) is 0.585. The van der Waals surface area contributed by atoms with Crippen molar-refractivity contribution in [3.05, 3.63) is 24.8 Å². The normalized spacial score (nSPS) is 8.41. The Labute approximate surface area is 102 Å². The van der Waals surface area contributed by atoms with Gasteiger partial charge in [0.25, 0.3) is 0 Å². The lowest BCUT2D eigenvalue weighted by Gasteiger charge is -2.01. The molecule has 0 atom stereocenters. The molecule has 0 fully saturated rings. The Kier molecular flexibility index (Phi) is 13.0. The van der Waals surface area contributed by atoms with Gasteiger partial charge in [-0.3, -0.25) is 0 Å². The number of unbranched alkanes of at least 4 members (excludes halogenated alkanes) is 1. The quantitative estimate of drug-likeness (QED) is 0.432. The van der Waals surface area contributed by atoms with Crippen molar-refractivity contribution in [3.8, 4) is 0 Å². The summed E-state index contributed by atoms with van der Waals surface area (Å²) < 4.78 is 8.90. The van der Waals surface area contributed by atoms with Crippen molar-refractivity contribution in [3.63, 3.8) is 0 Å². The molecule has 0 aromatic rings. The molecule has 98 valence electrons. The van der Waals surface area contributed by atoms with E-state index in [1.165, 1.54) is 7.11 Å². The molecule has 1 N–H and O–H groups in total. The summed E-state index contributed by atoms with van der Waals surface area (Å²) in [5.41, 5.74) is 0.411. The minimum atomic E-state index is -0.394. The number of carbonyl (C=O) groups is 2. The predicted octanol–water partition coefficient (Wildman–Crippen LogP) is 1.22. The molecular formula is C12H20O5. The SMILES string of the molecule is C=C(C)C(=O)OCCCCO.C=CC(=O)OC. The van der Waals surface area contributed by atoms with E-state index >= 15 is 0 Å². The summed E-state index contributed by atoms with van der Waals surface area (Å²) in [4.78, 5) is 20.6. The van der Waals surface area contributed by atoms with Gasteiger partial charge in [0.1, 0.15) is 0 Å². The average molecular weight is 244 g/mol. The highest BCUT2D eigenvalue weighted by Crippen LogP contribution is 1.94. The molecule has 0 unspecified atom stereocenters. The molecule has 5 heteroatoms. The zero-order valence-electron chi connectivity index (χ0n) is 10.4. The Morgan fingerprint density at radius 3 is 2.24 bits per heavy atom. The predicted molar refractivity (Wildman–Crippen MR) is 64.3 cm³/mol. The lowest BCUT2D eigenvalue weighted by atomic mass is 10.3. The van der Waals surface area contributed by atoms with Crippen molar-refractivity contribution in [2.75, 3.05) is 20.3 Å². The van der Waals surface area contributed by atoms with Crippen molar-refractivity contribution in [1.29, 1.82) is 0 Å². The van der Waals surface area contributed by atoms with E-state index in [1.54, 1.807) is 6.92 Å². The van der Waals surface area contributed by atoms with Crippen LogP contribution in [0.3, 0.4) is 0 Å². The fraction of sp³-hybridized carbons (Fsp3) is 0.500. The number of esters is 2. The summed E-state index contributed by atoms with van der Waals surface area (Å²) in [6.07, 6.45) is 2.49. The Balaban J connectivity index is 0. The van der Waals surface area contributed by atoms with Gasteiger partial charge >= 0.3 is 11.9 Å². The van der Waals surface area contributed by atoms with Crippen molar-refractivity contribution < 1.29 is 24.2 Å². The third kappa shape index (κ3) is 14.4. The van der Waals surface area contributed by atoms with Gasteiger partial charge in [0.05, 0.1) is 13.7 Å². The first kappa shape index (κ1) is 17.8. The number of ether oxygens (including phenoxy) is 2. The maximum absolute atomic E-state index is 10.7. The molecule has 5 nitrogen and oxygen atoms in total. The summed E-state index contributed by atoms with van der Waals surface area (Å²) >= 11 is 0. The minimum absolute atomic E-state index is 0.143. The van der Waals surface area contributed by atoms with Crippen LogP contribution in [-0.4, -0.2) is 37.4 Å². The fourth-order valence-corrected chi connectivity index (χ4v) is 0.585. The second kappa shape index (κ2) is 12.4. The highest BCUT2D eigenvalue weighted by molar-refractivity contribution is 5.86. The molecule has 0 aliphatic rings. The number of methoxy groups -OCH3 is 1. The maximum atomic E-state index is 10.7. The third-order valence-corrected chi connectivity index (χ3v) is 1.50. The zero-order valence-corrected chi connectivity index (χ0v) is 10.4. The Morgan fingerprint density at radius 2 is 1.94 bits per heavy atom. The maximum Gasteiger partial charge on any atom is 0.333 e. The average Bonchev–Trinajstić information content (AvgIpc) is 2.33. The van der Waals surface area contributed by atoms with E-state index in [4.69, 9.17) is 9.84 Å². The first-order valence-corrected chi connectivity index (χ1v) is 5.13. The number of carbonyl (C=O) groups excluding carboxylic acids is 2. The van der Waals surface area contributed by atoms with Crippen molar-refractivity contribution in [2.45, 2.75) is 19.8 Å². The monoisotopic (exact) mass is 244 g/mol. The largest absolute Gasteiger partial charge is 0.466 e. The van der Waals surface area contributed by atoms with Crippen LogP contribution < -0.4 is 0 Å². The molecule has 0 aromatic heterocycles. The molecule has 0 aromatic carbocycles. The van der Waals surface area contributed by atoms with Gasteiger partial charge in [-0.1, -0.05) is 13.2 Å². The van der Waals surface area contributed by atoms with Crippen LogP contribution in [0.15, 0.2) is 24.8 Å². The molecule has 0 spiro atoms. The Hall–Kier alpha value is -1.62. The molecule has 0 rings (SSSR count). The Bertz CT molecular complexity index is 258. The van der Waals surface area contributed by atoms with Gasteiger partial charge in [-0.25, -0.2) is 9.59 Å². The number of rotatable bonds is 6. The molecule has 0 saturated carbocycles. The van der Waals surface area contributed by atoms with Gasteiger partial charge in [-0.2, -0.15) is 0 Å². The second-order valence-electron chi connectivity index (χ2n) is 3.07. The van der Waals surface area contributed by atoms with Gasteiger partial charge in [0.2, 0.25) is 0 Å². The molecule has 0 amide bonds. The van der Waals surface area contributed by atoms with E-state index in [0.717, 1.165) is 6.08 Å². The summed E-state index contributed by atoms with van der Waals surface area (Å²) in [6, 6.07) is 0. The highest BCUT2D eigenvalue weighted by Gasteiger charge is 2.00. The van der Waals surface area contributed by atoms with Crippen LogP contribution in [0.2, 0.25) is 0 Å². The number of aliphatic hydroxyl groups excluding tert-OH is 1. The summed E-state index contributed by atoms with van der Waals surface area (Å²) in [6.45, 7) is 8.70. The highest BCUT2D eigenvalue weighted by atomic mass is 16.5. The number of hydrogen-bond acceptors (Lipinski definition) is 5. The van der Waals surface area contributed by atoms with Crippen molar-refractivity contribution in [1.82, 2.24) is 0 Å². The molecule has 0 radical (unpaired) electrons. The second-order valence-corrected chi connectivity index (χ2v) is 3.07. The van der Waals surface area contributed by atoms with Crippen LogP contribution in [-0.2, 0) is 19.1 Å². The van der Waals surface area contributed by atoms with E-state index in [2.05, 4.69) is 17.9 Å². The smallest absolute Gasteiger partial charge is 0.333 e. The van der Waals surface area contributed by atoms with Gasteiger partial charge in [-0.05, 0) is 19.8 Å². The summed E-state index contributed by atoms with van der Waals surface area (Å²) in [7, 11) is 1.31. The van der Waals surface area contributed by atoms with E-state index in [-0.39, 0.29) is 12.6 Å². The van der Waals surface area contributed by atoms with Crippen LogP contribution in [0.5, 0.6) is 0 Å². The van der Waals surface area contributed by atoms with E-state index in [0.29, 0.717) is 25.0 Å². The van der Waals surface area contributed by atoms with Crippen LogP contribution >= 0.6 is 0 Å². The van der Waals surface area contributed by atoms with Crippen LogP contribution in [0, 0.1) is 0 Å². The van der Waals surface area contributed by atoms with Crippen LogP contribution in [0.4, 0.5) is 0 Å². The summed E-state index contributed by atoms with van der Waals surface area (Å²) in [5, 5.41) is 8.38. The van der Waals surface area contributed by atoms with Crippen LogP contribution in [0.1, 0.15) is 19.8 Å². The molecule has 0 aliphatic carbocycles. The van der Waals surface area contributed by atoms with E-state index < -0.39 is 5.97 Å². The lowest BCUT2D eigenvalue weighted by Crippen LogP contribution is -2.06. The van der Waals surface area contributed by atoms with Crippen molar-refractivity contribution >= 4 is 11.9 Å². The van der Waals surface area contributed by atoms with E-state index in [1.807, 2.05) is 0 Å². The topological polar surface area (TPSA) is 72.8 Å². The van der Waals surface area contributed by atoms with Gasteiger partial charge < -0.3 is 14.6 Å². The molecule has 0 heterocycles. The Morgan fingerprint density at radius 1 is 1.35 bits per heavy atom.